The van der Waals surface area contributed by atoms with Crippen molar-refractivity contribution < 1.29 is 4.92 Å². The predicted octanol–water partition coefficient (Wildman–Crippen LogP) is 3.11. The standard InChI is InChI=1S/C15H23N3O2/c1-4-16-15-13(6-5-7-14(15)18(19)20)10-17-8-11(2)12(3)9-17/h5-7,11-12,16H,4,8-10H2,1-3H3. The van der Waals surface area contributed by atoms with Gasteiger partial charge >= 0.3 is 0 Å². The molecule has 2 unspecified atom stereocenters. The Kier molecular flexibility index (Phi) is 4.60. The van der Waals surface area contributed by atoms with Crippen molar-refractivity contribution in [3.63, 3.8) is 0 Å². The van der Waals surface area contributed by atoms with Crippen LogP contribution in [0.15, 0.2) is 18.2 Å². The van der Waals surface area contributed by atoms with Crippen molar-refractivity contribution in [3.8, 4) is 0 Å². The van der Waals surface area contributed by atoms with Crippen LogP contribution in [-0.2, 0) is 6.54 Å². The van der Waals surface area contributed by atoms with Gasteiger partial charge in [-0.05, 0) is 24.3 Å². The van der Waals surface area contributed by atoms with Crippen LogP contribution in [0.3, 0.4) is 0 Å². The van der Waals surface area contributed by atoms with E-state index in [0.717, 1.165) is 25.2 Å². The molecule has 1 N–H and O–H groups in total. The number of nitro benzene ring substituents is 1. The number of hydrogen-bond donors (Lipinski definition) is 1. The van der Waals surface area contributed by atoms with Crippen LogP contribution >= 0.6 is 0 Å². The van der Waals surface area contributed by atoms with Gasteiger partial charge in [0.1, 0.15) is 5.69 Å². The summed E-state index contributed by atoms with van der Waals surface area (Å²) >= 11 is 0. The van der Waals surface area contributed by atoms with E-state index in [1.807, 2.05) is 13.0 Å². The number of hydrogen-bond acceptors (Lipinski definition) is 4. The predicted molar refractivity (Wildman–Crippen MR) is 80.9 cm³/mol. The molecule has 1 saturated heterocycles. The molecular formula is C15H23N3O2. The highest BCUT2D eigenvalue weighted by Gasteiger charge is 2.27. The van der Waals surface area contributed by atoms with Gasteiger partial charge in [0, 0.05) is 32.2 Å². The monoisotopic (exact) mass is 277 g/mol. The Bertz CT molecular complexity index is 480. The molecule has 110 valence electrons. The molecule has 0 bridgehead atoms. The summed E-state index contributed by atoms with van der Waals surface area (Å²) in [5.74, 6) is 1.38. The van der Waals surface area contributed by atoms with E-state index in [0.29, 0.717) is 24.1 Å². The van der Waals surface area contributed by atoms with Gasteiger partial charge in [-0.25, -0.2) is 0 Å². The van der Waals surface area contributed by atoms with Crippen molar-refractivity contribution in [2.45, 2.75) is 27.3 Å². The van der Waals surface area contributed by atoms with E-state index >= 15 is 0 Å². The summed E-state index contributed by atoms with van der Waals surface area (Å²) in [6.45, 7) is 10.1. The first-order valence-electron chi connectivity index (χ1n) is 7.25. The fourth-order valence-corrected chi connectivity index (χ4v) is 2.87. The lowest BCUT2D eigenvalue weighted by Crippen LogP contribution is -2.21. The van der Waals surface area contributed by atoms with E-state index < -0.39 is 0 Å². The van der Waals surface area contributed by atoms with Crippen molar-refractivity contribution in [1.29, 1.82) is 0 Å². The maximum atomic E-state index is 11.1. The average molecular weight is 277 g/mol. The largest absolute Gasteiger partial charge is 0.380 e. The Morgan fingerprint density at radius 2 is 2.00 bits per heavy atom. The number of nitrogens with one attached hydrogen (secondary N) is 1. The van der Waals surface area contributed by atoms with Crippen molar-refractivity contribution in [1.82, 2.24) is 4.90 Å². The van der Waals surface area contributed by atoms with Gasteiger partial charge in [-0.15, -0.1) is 0 Å². The third kappa shape index (κ3) is 3.10. The molecule has 5 nitrogen and oxygen atoms in total. The van der Waals surface area contributed by atoms with E-state index in [4.69, 9.17) is 0 Å². The lowest BCUT2D eigenvalue weighted by Gasteiger charge is -2.18. The van der Waals surface area contributed by atoms with Crippen LogP contribution < -0.4 is 5.32 Å². The normalized spacial score (nSPS) is 22.9. The van der Waals surface area contributed by atoms with Gasteiger partial charge in [0.05, 0.1) is 4.92 Å². The second-order valence-electron chi connectivity index (χ2n) is 5.75. The third-order valence-electron chi connectivity index (χ3n) is 4.14. The molecule has 0 amide bonds. The Balaban J connectivity index is 2.22. The molecule has 1 aliphatic rings. The number of likely N-dealkylation sites (tertiary alicyclic amines) is 1. The van der Waals surface area contributed by atoms with Gasteiger partial charge in [-0.1, -0.05) is 26.0 Å². The van der Waals surface area contributed by atoms with E-state index in [1.54, 1.807) is 12.1 Å². The molecule has 0 saturated carbocycles. The molecule has 0 spiro atoms. The van der Waals surface area contributed by atoms with E-state index in [1.165, 1.54) is 0 Å². The molecule has 1 heterocycles. The summed E-state index contributed by atoms with van der Waals surface area (Å²) in [4.78, 5) is 13.2. The number of rotatable bonds is 5. The zero-order valence-corrected chi connectivity index (χ0v) is 12.4. The van der Waals surface area contributed by atoms with Gasteiger partial charge in [-0.3, -0.25) is 15.0 Å². The molecule has 20 heavy (non-hydrogen) atoms. The Morgan fingerprint density at radius 1 is 1.35 bits per heavy atom. The van der Waals surface area contributed by atoms with Crippen LogP contribution in [0.25, 0.3) is 0 Å². The number of para-hydroxylation sites is 1. The summed E-state index contributed by atoms with van der Waals surface area (Å²) < 4.78 is 0. The highest BCUT2D eigenvalue weighted by atomic mass is 16.6. The number of benzene rings is 1. The topological polar surface area (TPSA) is 58.4 Å². The first-order chi connectivity index (χ1) is 9.52. The molecule has 1 aromatic carbocycles. The van der Waals surface area contributed by atoms with Crippen molar-refractivity contribution in [3.05, 3.63) is 33.9 Å². The molecule has 2 atom stereocenters. The molecule has 1 aliphatic heterocycles. The lowest BCUT2D eigenvalue weighted by atomic mass is 10.0. The quantitative estimate of drug-likeness (QED) is 0.663. The van der Waals surface area contributed by atoms with Crippen molar-refractivity contribution >= 4 is 11.4 Å². The van der Waals surface area contributed by atoms with Gasteiger partial charge in [-0.2, -0.15) is 0 Å². The number of nitrogens with zero attached hydrogens (tertiary/aromatic N) is 2. The molecule has 0 radical (unpaired) electrons. The molecule has 2 rings (SSSR count). The first kappa shape index (κ1) is 14.8. The average Bonchev–Trinajstić information content (AvgIpc) is 2.70. The molecule has 5 heteroatoms. The Labute approximate surface area is 120 Å². The van der Waals surface area contributed by atoms with Crippen LogP contribution in [0, 0.1) is 22.0 Å². The van der Waals surface area contributed by atoms with Crippen molar-refractivity contribution in [2.24, 2.45) is 11.8 Å². The lowest BCUT2D eigenvalue weighted by molar-refractivity contribution is -0.384. The van der Waals surface area contributed by atoms with E-state index in [2.05, 4.69) is 24.1 Å². The highest BCUT2D eigenvalue weighted by Crippen LogP contribution is 2.31. The number of anilines is 1. The summed E-state index contributed by atoms with van der Waals surface area (Å²) in [5, 5.41) is 14.3. The van der Waals surface area contributed by atoms with Gasteiger partial charge in [0.15, 0.2) is 0 Å². The van der Waals surface area contributed by atoms with Crippen LogP contribution in [0.4, 0.5) is 11.4 Å². The summed E-state index contributed by atoms with van der Waals surface area (Å²) in [5.41, 5.74) is 1.86. The van der Waals surface area contributed by atoms with Gasteiger partial charge in [0.25, 0.3) is 5.69 Å². The van der Waals surface area contributed by atoms with E-state index in [9.17, 15) is 10.1 Å². The van der Waals surface area contributed by atoms with Crippen LogP contribution in [0.5, 0.6) is 0 Å². The highest BCUT2D eigenvalue weighted by molar-refractivity contribution is 5.66. The summed E-state index contributed by atoms with van der Waals surface area (Å²) in [7, 11) is 0. The van der Waals surface area contributed by atoms with Crippen LogP contribution in [-0.4, -0.2) is 29.5 Å². The summed E-state index contributed by atoms with van der Waals surface area (Å²) in [6.07, 6.45) is 0. The Hall–Kier alpha value is -1.62. The minimum absolute atomic E-state index is 0.171. The minimum atomic E-state index is -0.309. The second kappa shape index (κ2) is 6.22. The first-order valence-corrected chi connectivity index (χ1v) is 7.25. The fourth-order valence-electron chi connectivity index (χ4n) is 2.87. The smallest absolute Gasteiger partial charge is 0.292 e. The zero-order valence-electron chi connectivity index (χ0n) is 12.4. The Morgan fingerprint density at radius 3 is 2.55 bits per heavy atom. The molecule has 1 aromatic rings. The molecular weight excluding hydrogens is 254 g/mol. The summed E-state index contributed by atoms with van der Waals surface area (Å²) in [6, 6.07) is 5.33. The minimum Gasteiger partial charge on any atom is -0.380 e. The van der Waals surface area contributed by atoms with E-state index in [-0.39, 0.29) is 10.6 Å². The molecule has 1 fully saturated rings. The van der Waals surface area contributed by atoms with Crippen molar-refractivity contribution in [2.75, 3.05) is 25.0 Å². The zero-order chi connectivity index (χ0) is 14.7. The van der Waals surface area contributed by atoms with Crippen LogP contribution in [0.2, 0.25) is 0 Å². The molecule has 0 aromatic heterocycles. The maximum Gasteiger partial charge on any atom is 0.292 e. The SMILES string of the molecule is CCNc1c(CN2CC(C)C(C)C2)cccc1[N+](=O)[O-]. The van der Waals surface area contributed by atoms with Gasteiger partial charge < -0.3 is 5.32 Å². The van der Waals surface area contributed by atoms with Gasteiger partial charge in [0.2, 0.25) is 0 Å². The maximum absolute atomic E-state index is 11.1. The molecule has 0 aliphatic carbocycles. The number of nitro groups is 1. The third-order valence-corrected chi connectivity index (χ3v) is 4.14. The second-order valence-corrected chi connectivity index (χ2v) is 5.75. The van der Waals surface area contributed by atoms with Crippen LogP contribution in [0.1, 0.15) is 26.3 Å². The fraction of sp³-hybridized carbons (Fsp3) is 0.600.